The van der Waals surface area contributed by atoms with Crippen LogP contribution in [0.1, 0.15) is 28.9 Å². The lowest BCUT2D eigenvalue weighted by molar-refractivity contribution is 0.0945. The number of nitrogens with one attached hydrogen (secondary N) is 2. The van der Waals surface area contributed by atoms with E-state index in [0.29, 0.717) is 34.5 Å². The Bertz CT molecular complexity index is 706. The second kappa shape index (κ2) is 6.14. The van der Waals surface area contributed by atoms with E-state index in [4.69, 9.17) is 17.3 Å². The van der Waals surface area contributed by atoms with Crippen molar-refractivity contribution in [3.63, 3.8) is 0 Å². The molecule has 7 heteroatoms. The molecule has 1 aliphatic heterocycles. The molecule has 3 rings (SSSR count). The highest BCUT2D eigenvalue weighted by Gasteiger charge is 2.19. The predicted octanol–water partition coefficient (Wildman–Crippen LogP) is 1.61. The number of halogens is 1. The van der Waals surface area contributed by atoms with Crippen LogP contribution in [-0.2, 0) is 0 Å². The lowest BCUT2D eigenvalue weighted by Gasteiger charge is -2.22. The van der Waals surface area contributed by atoms with E-state index in [1.165, 1.54) is 0 Å². The summed E-state index contributed by atoms with van der Waals surface area (Å²) < 4.78 is 1.66. The molecule has 0 aliphatic carbocycles. The molecule has 1 saturated heterocycles. The molecular formula is C15H20ClN5O. The molecule has 0 atom stereocenters. The van der Waals surface area contributed by atoms with Gasteiger partial charge in [0.1, 0.15) is 5.82 Å². The first-order chi connectivity index (χ1) is 10.6. The van der Waals surface area contributed by atoms with Crippen LogP contribution in [-0.4, -0.2) is 34.9 Å². The standard InChI is InChI=1S/C15H20ClN5O/c1-9-8-21-13(17)12(16)6-11(14(21)20-9)15(22)19-7-10-2-4-18-5-3-10/h6,8,10,18H,2-5,7,17H2,1H3,(H,19,22). The summed E-state index contributed by atoms with van der Waals surface area (Å²) in [5.41, 5.74) is 7.74. The Morgan fingerprint density at radius 2 is 2.27 bits per heavy atom. The van der Waals surface area contributed by atoms with Crippen LogP contribution in [0.2, 0.25) is 5.02 Å². The smallest absolute Gasteiger partial charge is 0.255 e. The maximum absolute atomic E-state index is 12.5. The molecule has 22 heavy (non-hydrogen) atoms. The average molecular weight is 322 g/mol. The molecule has 0 saturated carbocycles. The minimum Gasteiger partial charge on any atom is -0.384 e. The quantitative estimate of drug-likeness (QED) is 0.802. The third-order valence-electron chi connectivity index (χ3n) is 4.10. The molecule has 0 bridgehead atoms. The fraction of sp³-hybridized carbons (Fsp3) is 0.467. The maximum Gasteiger partial charge on any atom is 0.255 e. The zero-order valence-electron chi connectivity index (χ0n) is 12.5. The van der Waals surface area contributed by atoms with E-state index in [9.17, 15) is 4.79 Å². The number of rotatable bonds is 3. The van der Waals surface area contributed by atoms with Crippen molar-refractivity contribution < 1.29 is 4.79 Å². The zero-order chi connectivity index (χ0) is 15.7. The van der Waals surface area contributed by atoms with Crippen molar-refractivity contribution in [2.24, 2.45) is 5.92 Å². The second-order valence-electron chi connectivity index (χ2n) is 5.77. The summed E-state index contributed by atoms with van der Waals surface area (Å²) in [6.07, 6.45) is 3.95. The predicted molar refractivity (Wildman–Crippen MR) is 87.3 cm³/mol. The number of amides is 1. The van der Waals surface area contributed by atoms with Gasteiger partial charge in [0.05, 0.1) is 16.3 Å². The Morgan fingerprint density at radius 1 is 1.55 bits per heavy atom. The van der Waals surface area contributed by atoms with Crippen LogP contribution in [0.25, 0.3) is 5.65 Å². The number of nitrogens with two attached hydrogens (primary N) is 1. The van der Waals surface area contributed by atoms with Crippen LogP contribution in [0, 0.1) is 12.8 Å². The van der Waals surface area contributed by atoms with Crippen LogP contribution in [0.5, 0.6) is 0 Å². The normalized spacial score (nSPS) is 16.1. The number of fused-ring (bicyclic) bond motifs is 1. The Hall–Kier alpha value is -1.79. The van der Waals surface area contributed by atoms with Gasteiger partial charge in [0.25, 0.3) is 5.91 Å². The molecule has 4 N–H and O–H groups in total. The van der Waals surface area contributed by atoms with Gasteiger partial charge in [0.2, 0.25) is 0 Å². The molecule has 2 aromatic heterocycles. The number of nitrogen functional groups attached to an aromatic ring is 1. The second-order valence-corrected chi connectivity index (χ2v) is 6.18. The van der Waals surface area contributed by atoms with Gasteiger partial charge in [-0.15, -0.1) is 0 Å². The highest BCUT2D eigenvalue weighted by atomic mass is 35.5. The van der Waals surface area contributed by atoms with Gasteiger partial charge >= 0.3 is 0 Å². The number of aryl methyl sites for hydroxylation is 1. The van der Waals surface area contributed by atoms with Crippen molar-refractivity contribution in [1.82, 2.24) is 20.0 Å². The number of pyridine rings is 1. The summed E-state index contributed by atoms with van der Waals surface area (Å²) in [5.74, 6) is 0.759. The van der Waals surface area contributed by atoms with E-state index in [1.54, 1.807) is 16.7 Å². The van der Waals surface area contributed by atoms with E-state index in [0.717, 1.165) is 31.6 Å². The van der Waals surface area contributed by atoms with Crippen molar-refractivity contribution in [3.05, 3.63) is 28.5 Å². The van der Waals surface area contributed by atoms with Gasteiger partial charge in [-0.2, -0.15) is 0 Å². The molecule has 3 heterocycles. The van der Waals surface area contributed by atoms with Gasteiger partial charge in [-0.05, 0) is 44.8 Å². The number of hydrogen-bond acceptors (Lipinski definition) is 4. The molecule has 6 nitrogen and oxygen atoms in total. The van der Waals surface area contributed by atoms with E-state index in [1.807, 2.05) is 6.92 Å². The van der Waals surface area contributed by atoms with Crippen LogP contribution < -0.4 is 16.4 Å². The van der Waals surface area contributed by atoms with Crippen molar-refractivity contribution >= 4 is 29.0 Å². The van der Waals surface area contributed by atoms with Crippen LogP contribution >= 0.6 is 11.6 Å². The molecule has 118 valence electrons. The SMILES string of the molecule is Cc1cn2c(N)c(Cl)cc(C(=O)NCC3CCNCC3)c2n1. The lowest BCUT2D eigenvalue weighted by atomic mass is 9.98. The topological polar surface area (TPSA) is 84.5 Å². The third kappa shape index (κ3) is 2.89. The average Bonchev–Trinajstić information content (AvgIpc) is 2.91. The Kier molecular flexibility index (Phi) is 4.22. The van der Waals surface area contributed by atoms with E-state index in [-0.39, 0.29) is 5.91 Å². The first-order valence-electron chi connectivity index (χ1n) is 7.49. The van der Waals surface area contributed by atoms with Gasteiger partial charge in [-0.3, -0.25) is 9.20 Å². The van der Waals surface area contributed by atoms with Gasteiger partial charge in [-0.1, -0.05) is 11.6 Å². The van der Waals surface area contributed by atoms with Crippen LogP contribution in [0.4, 0.5) is 5.82 Å². The fourth-order valence-corrected chi connectivity index (χ4v) is 3.04. The summed E-state index contributed by atoms with van der Waals surface area (Å²) in [4.78, 5) is 16.9. The van der Waals surface area contributed by atoms with E-state index < -0.39 is 0 Å². The summed E-state index contributed by atoms with van der Waals surface area (Å²) >= 11 is 6.13. The number of carbonyl (C=O) groups is 1. The number of anilines is 1. The summed E-state index contributed by atoms with van der Waals surface area (Å²) in [6.45, 7) is 4.56. The first kappa shape index (κ1) is 15.1. The Labute approximate surface area is 134 Å². The zero-order valence-corrected chi connectivity index (χ0v) is 13.3. The van der Waals surface area contributed by atoms with Crippen LogP contribution in [0.15, 0.2) is 12.3 Å². The van der Waals surface area contributed by atoms with Gasteiger partial charge in [-0.25, -0.2) is 4.98 Å². The summed E-state index contributed by atoms with van der Waals surface area (Å²) in [5, 5.41) is 6.67. The molecule has 0 radical (unpaired) electrons. The molecular weight excluding hydrogens is 302 g/mol. The largest absolute Gasteiger partial charge is 0.384 e. The lowest BCUT2D eigenvalue weighted by Crippen LogP contribution is -2.36. The molecule has 0 spiro atoms. The third-order valence-corrected chi connectivity index (χ3v) is 4.40. The van der Waals surface area contributed by atoms with Crippen molar-refractivity contribution in [1.29, 1.82) is 0 Å². The molecule has 1 aliphatic rings. The highest BCUT2D eigenvalue weighted by Crippen LogP contribution is 2.24. The number of hydrogen-bond donors (Lipinski definition) is 3. The van der Waals surface area contributed by atoms with Crippen molar-refractivity contribution in [2.75, 3.05) is 25.4 Å². The van der Waals surface area contributed by atoms with Gasteiger partial charge < -0.3 is 16.4 Å². The minimum atomic E-state index is -0.156. The number of nitrogens with zero attached hydrogens (tertiary/aromatic N) is 2. The molecule has 2 aromatic rings. The first-order valence-corrected chi connectivity index (χ1v) is 7.86. The maximum atomic E-state index is 12.5. The van der Waals surface area contributed by atoms with Gasteiger partial charge in [0.15, 0.2) is 5.65 Å². The van der Waals surface area contributed by atoms with E-state index in [2.05, 4.69) is 15.6 Å². The number of imidazole rings is 1. The minimum absolute atomic E-state index is 0.156. The van der Waals surface area contributed by atoms with Gasteiger partial charge in [0, 0.05) is 12.7 Å². The van der Waals surface area contributed by atoms with Crippen LogP contribution in [0.3, 0.4) is 0 Å². The van der Waals surface area contributed by atoms with Crippen molar-refractivity contribution in [2.45, 2.75) is 19.8 Å². The molecule has 0 aromatic carbocycles. The monoisotopic (exact) mass is 321 g/mol. The highest BCUT2D eigenvalue weighted by molar-refractivity contribution is 6.33. The fourth-order valence-electron chi connectivity index (χ4n) is 2.84. The number of carbonyl (C=O) groups excluding carboxylic acids is 1. The number of aromatic nitrogens is 2. The Balaban J connectivity index is 1.82. The molecule has 1 fully saturated rings. The molecule has 1 amide bonds. The molecule has 0 unspecified atom stereocenters. The van der Waals surface area contributed by atoms with E-state index >= 15 is 0 Å². The number of piperidine rings is 1. The Morgan fingerprint density at radius 3 is 3.00 bits per heavy atom. The van der Waals surface area contributed by atoms with Crippen molar-refractivity contribution in [3.8, 4) is 0 Å². The summed E-state index contributed by atoms with van der Waals surface area (Å²) in [7, 11) is 0. The summed E-state index contributed by atoms with van der Waals surface area (Å²) in [6, 6.07) is 1.59.